The van der Waals surface area contributed by atoms with Gasteiger partial charge in [0.2, 0.25) is 5.78 Å². The number of ketones is 3. The summed E-state index contributed by atoms with van der Waals surface area (Å²) in [6.45, 7) is 0.651. The van der Waals surface area contributed by atoms with Crippen molar-refractivity contribution in [1.29, 1.82) is 0 Å². The number of likely N-dealkylation sites (N-methyl/N-ethyl adjacent to an activating group) is 1. The van der Waals surface area contributed by atoms with Gasteiger partial charge in [0.15, 0.2) is 17.9 Å². The Labute approximate surface area is 235 Å². The average molecular weight is 572 g/mol. The number of nitrogens with zero attached hydrogens (tertiary/aromatic N) is 1. The molecule has 0 saturated carbocycles. The van der Waals surface area contributed by atoms with E-state index in [0.29, 0.717) is 0 Å². The molecule has 41 heavy (non-hydrogen) atoms. The summed E-state index contributed by atoms with van der Waals surface area (Å²) in [5, 5.41) is 54.5. The maximum Gasteiger partial charge on any atom is 0.202 e. The molecule has 0 spiro atoms. The van der Waals surface area contributed by atoms with Crippen LogP contribution in [0.5, 0.6) is 17.2 Å². The number of hydrogen-bond acceptors (Lipinski definition) is 12. The molecule has 220 valence electrons. The number of ether oxygens (including phenoxy) is 3. The zero-order valence-electron chi connectivity index (χ0n) is 23.1. The zero-order chi connectivity index (χ0) is 30.0. The Kier molecular flexibility index (Phi) is 7.43. The summed E-state index contributed by atoms with van der Waals surface area (Å²) < 4.78 is 17.3. The third-order valence-corrected chi connectivity index (χ3v) is 8.39. The van der Waals surface area contributed by atoms with Gasteiger partial charge in [0.1, 0.15) is 29.5 Å². The molecule has 0 radical (unpaired) electrons. The molecule has 2 aliphatic carbocycles. The number of methoxy groups -OCH3 is 1. The number of carbonyl (C=O) groups is 3. The molecule has 2 aromatic rings. The van der Waals surface area contributed by atoms with Crippen LogP contribution in [0, 0.1) is 0 Å². The van der Waals surface area contributed by atoms with Crippen LogP contribution in [0.4, 0.5) is 0 Å². The van der Waals surface area contributed by atoms with E-state index in [0.717, 1.165) is 0 Å². The summed E-state index contributed by atoms with van der Waals surface area (Å²) in [5.74, 6) is -3.68. The Morgan fingerprint density at radius 1 is 1.12 bits per heavy atom. The van der Waals surface area contributed by atoms with Gasteiger partial charge in [0, 0.05) is 42.0 Å². The van der Waals surface area contributed by atoms with Crippen molar-refractivity contribution in [3.8, 4) is 17.2 Å². The number of hydrogen-bond donors (Lipinski definition) is 5. The summed E-state index contributed by atoms with van der Waals surface area (Å²) in [7, 11) is 4.89. The van der Waals surface area contributed by atoms with Crippen LogP contribution in [-0.2, 0) is 20.7 Å². The van der Waals surface area contributed by atoms with E-state index in [1.807, 2.05) is 0 Å². The Bertz CT molecular complexity index is 1440. The first kappa shape index (κ1) is 29.1. The highest BCUT2D eigenvalue weighted by Crippen LogP contribution is 2.52. The predicted octanol–water partition coefficient (Wildman–Crippen LogP) is 0.604. The van der Waals surface area contributed by atoms with Crippen molar-refractivity contribution in [2.75, 3.05) is 27.8 Å². The standard InChI is InChI=1S/C29H33NO11/c1-12-24(33)15(30(2)3)8-19(40-12)41-17-10-29(38,18(32)11-31)9-14-21(17)28(37)23-22(26(14)35)25(34)13-6-5-7-16(39-4)20(13)27(23)36/h5-7,12,15,17,19,24,31,33,35,37-38H,8-11H2,1-4H3/t12-,15-,17-,19+,24+,29+/m1/s1. The lowest BCUT2D eigenvalue weighted by molar-refractivity contribution is -0.256. The normalized spacial score (nSPS) is 29.1. The number of phenolic OH excluding ortho intramolecular Hbond substituents is 2. The summed E-state index contributed by atoms with van der Waals surface area (Å²) >= 11 is 0. The van der Waals surface area contributed by atoms with Gasteiger partial charge in [0.05, 0.1) is 42.1 Å². The van der Waals surface area contributed by atoms with Crippen LogP contribution < -0.4 is 4.74 Å². The van der Waals surface area contributed by atoms with Gasteiger partial charge < -0.3 is 44.6 Å². The quantitative estimate of drug-likeness (QED) is 0.260. The number of Topliss-reactive ketones (excluding diaryl/α,β-unsaturated/α-hetero) is 1. The first-order valence-corrected chi connectivity index (χ1v) is 13.2. The number of fused-ring (bicyclic) bond motifs is 3. The first-order valence-electron chi connectivity index (χ1n) is 13.2. The molecule has 5 N–H and O–H groups in total. The molecule has 1 fully saturated rings. The first-order chi connectivity index (χ1) is 19.3. The molecule has 0 aromatic heterocycles. The molecule has 0 amide bonds. The highest BCUT2D eigenvalue weighted by atomic mass is 16.7. The molecule has 6 atom stereocenters. The molecule has 0 bridgehead atoms. The largest absolute Gasteiger partial charge is 0.507 e. The highest BCUT2D eigenvalue weighted by Gasteiger charge is 2.50. The highest BCUT2D eigenvalue weighted by molar-refractivity contribution is 6.31. The average Bonchev–Trinajstić information content (AvgIpc) is 2.94. The molecule has 1 heterocycles. The molecule has 12 heteroatoms. The Balaban J connectivity index is 1.67. The number of aromatic hydroxyl groups is 2. The minimum atomic E-state index is -2.23. The Hall–Kier alpha value is -3.39. The minimum absolute atomic E-state index is 0.0420. The fraction of sp³-hybridized carbons (Fsp3) is 0.483. The SMILES string of the molecule is COc1cccc2c1C(=O)c1c(O)c3c(c(O)c1C2=O)C[C@@](O)(C(=O)CO)C[C@H]3O[C@H]1C[C@@H](N(C)C)[C@@H](O)[C@@H](C)O1. The van der Waals surface area contributed by atoms with E-state index >= 15 is 0 Å². The molecule has 1 saturated heterocycles. The van der Waals surface area contributed by atoms with Crippen molar-refractivity contribution in [3.05, 3.63) is 51.6 Å². The van der Waals surface area contributed by atoms with Crippen LogP contribution in [-0.4, -0.2) is 106 Å². The lowest BCUT2D eigenvalue weighted by atomic mass is 9.72. The Morgan fingerprint density at radius 3 is 2.44 bits per heavy atom. The van der Waals surface area contributed by atoms with Crippen molar-refractivity contribution in [3.63, 3.8) is 0 Å². The molecule has 1 aliphatic heterocycles. The van der Waals surface area contributed by atoms with Crippen molar-refractivity contribution in [2.45, 2.75) is 62.4 Å². The second kappa shape index (κ2) is 10.5. The van der Waals surface area contributed by atoms with Gasteiger partial charge in [-0.2, -0.15) is 0 Å². The van der Waals surface area contributed by atoms with Gasteiger partial charge in [-0.15, -0.1) is 0 Å². The topological polar surface area (TPSA) is 183 Å². The van der Waals surface area contributed by atoms with Crippen molar-refractivity contribution < 1.29 is 54.1 Å². The summed E-state index contributed by atoms with van der Waals surface area (Å²) in [6, 6.07) is 4.02. The van der Waals surface area contributed by atoms with Crippen LogP contribution in [0.15, 0.2) is 18.2 Å². The number of aliphatic hydroxyl groups excluding tert-OH is 2. The van der Waals surface area contributed by atoms with Crippen LogP contribution in [0.25, 0.3) is 0 Å². The maximum atomic E-state index is 13.7. The van der Waals surface area contributed by atoms with Gasteiger partial charge in [-0.05, 0) is 27.1 Å². The van der Waals surface area contributed by atoms with Crippen molar-refractivity contribution >= 4 is 17.3 Å². The Morgan fingerprint density at radius 2 is 1.80 bits per heavy atom. The summed E-state index contributed by atoms with van der Waals surface area (Å²) in [5.41, 5.74) is -3.51. The van der Waals surface area contributed by atoms with Crippen molar-refractivity contribution in [2.24, 2.45) is 0 Å². The summed E-state index contributed by atoms with van der Waals surface area (Å²) in [6.07, 6.45) is -4.61. The third-order valence-electron chi connectivity index (χ3n) is 8.39. The van der Waals surface area contributed by atoms with Crippen LogP contribution in [0.1, 0.15) is 68.8 Å². The number of rotatable bonds is 6. The van der Waals surface area contributed by atoms with Gasteiger partial charge in [-0.1, -0.05) is 12.1 Å². The number of benzene rings is 2. The van der Waals surface area contributed by atoms with E-state index in [-0.39, 0.29) is 40.5 Å². The van der Waals surface area contributed by atoms with E-state index in [1.54, 1.807) is 25.9 Å². The number of phenols is 2. The molecule has 2 aromatic carbocycles. The van der Waals surface area contributed by atoms with Crippen LogP contribution >= 0.6 is 0 Å². The number of carbonyl (C=O) groups excluding carboxylic acids is 3. The van der Waals surface area contributed by atoms with Gasteiger partial charge in [0.25, 0.3) is 0 Å². The minimum Gasteiger partial charge on any atom is -0.507 e. The number of aliphatic hydroxyl groups is 3. The fourth-order valence-electron chi connectivity index (χ4n) is 6.21. The second-order valence-corrected chi connectivity index (χ2v) is 11.0. The third kappa shape index (κ3) is 4.51. The molecular weight excluding hydrogens is 538 g/mol. The maximum absolute atomic E-state index is 13.7. The van der Waals surface area contributed by atoms with Crippen LogP contribution in [0.3, 0.4) is 0 Å². The van der Waals surface area contributed by atoms with Crippen LogP contribution in [0.2, 0.25) is 0 Å². The van der Waals surface area contributed by atoms with E-state index in [2.05, 4.69) is 0 Å². The monoisotopic (exact) mass is 571 g/mol. The van der Waals surface area contributed by atoms with E-state index in [9.17, 15) is 39.9 Å². The van der Waals surface area contributed by atoms with E-state index < -0.39 is 89.6 Å². The summed E-state index contributed by atoms with van der Waals surface area (Å²) in [4.78, 5) is 41.8. The zero-order valence-corrected chi connectivity index (χ0v) is 23.1. The molecule has 5 rings (SSSR count). The lowest BCUT2D eigenvalue weighted by Crippen LogP contribution is -2.54. The molecule has 12 nitrogen and oxygen atoms in total. The molecule has 3 aliphatic rings. The van der Waals surface area contributed by atoms with Crippen molar-refractivity contribution in [1.82, 2.24) is 4.90 Å². The second-order valence-electron chi connectivity index (χ2n) is 11.0. The van der Waals surface area contributed by atoms with Gasteiger partial charge in [-0.3, -0.25) is 14.4 Å². The molecular formula is C29H33NO11. The van der Waals surface area contributed by atoms with E-state index in [1.165, 1.54) is 25.3 Å². The lowest BCUT2D eigenvalue weighted by Gasteiger charge is -2.44. The smallest absolute Gasteiger partial charge is 0.202 e. The van der Waals surface area contributed by atoms with Gasteiger partial charge >= 0.3 is 0 Å². The van der Waals surface area contributed by atoms with E-state index in [4.69, 9.17) is 14.2 Å². The predicted molar refractivity (Wildman–Crippen MR) is 141 cm³/mol. The molecule has 0 unspecified atom stereocenters. The van der Waals surface area contributed by atoms with Gasteiger partial charge in [-0.25, -0.2) is 0 Å². The fourth-order valence-corrected chi connectivity index (χ4v) is 6.21.